The van der Waals surface area contributed by atoms with Crippen molar-refractivity contribution in [3.63, 3.8) is 0 Å². The topological polar surface area (TPSA) is 110 Å². The lowest BCUT2D eigenvalue weighted by atomic mass is 10.1. The summed E-state index contributed by atoms with van der Waals surface area (Å²) in [7, 11) is 0. The third-order valence-electron chi connectivity index (χ3n) is 4.18. The maximum atomic E-state index is 12.3. The van der Waals surface area contributed by atoms with Crippen LogP contribution in [0.2, 0.25) is 0 Å². The van der Waals surface area contributed by atoms with E-state index in [1.165, 1.54) is 12.1 Å². The second-order valence-electron chi connectivity index (χ2n) is 5.88. The summed E-state index contributed by atoms with van der Waals surface area (Å²) in [6.07, 6.45) is 2.14. The van der Waals surface area contributed by atoms with E-state index in [4.69, 9.17) is 0 Å². The highest BCUT2D eigenvalue weighted by molar-refractivity contribution is 6.22. The van der Waals surface area contributed by atoms with Gasteiger partial charge in [-0.15, -0.1) is 0 Å². The Morgan fingerprint density at radius 1 is 1.35 bits per heavy atom. The number of nitro groups is 1. The molecular formula is C15H15N3O5. The van der Waals surface area contributed by atoms with E-state index >= 15 is 0 Å². The molecule has 0 saturated heterocycles. The maximum absolute atomic E-state index is 12.3. The second kappa shape index (κ2) is 5.45. The van der Waals surface area contributed by atoms with Gasteiger partial charge >= 0.3 is 0 Å². The number of rotatable bonds is 5. The zero-order valence-corrected chi connectivity index (χ0v) is 12.4. The van der Waals surface area contributed by atoms with Crippen molar-refractivity contribution in [1.82, 2.24) is 10.2 Å². The van der Waals surface area contributed by atoms with Gasteiger partial charge in [-0.2, -0.15) is 0 Å². The zero-order chi connectivity index (χ0) is 16.7. The molecule has 1 heterocycles. The van der Waals surface area contributed by atoms with Crippen molar-refractivity contribution < 1.29 is 19.3 Å². The minimum Gasteiger partial charge on any atom is -0.352 e. The average molecular weight is 317 g/mol. The molecule has 3 rings (SSSR count). The number of carbonyl (C=O) groups excluding carboxylic acids is 3. The van der Waals surface area contributed by atoms with Crippen molar-refractivity contribution in [3.05, 3.63) is 39.4 Å². The average Bonchev–Trinajstić information content (AvgIpc) is 3.32. The number of nitrogens with one attached hydrogen (secondary N) is 1. The molecule has 3 amide bonds. The van der Waals surface area contributed by atoms with Crippen LogP contribution in [0.1, 0.15) is 40.5 Å². The number of fused-ring (bicyclic) bond motifs is 1. The molecular weight excluding hydrogens is 302 g/mol. The summed E-state index contributed by atoms with van der Waals surface area (Å²) in [5.41, 5.74) is -0.213. The fourth-order valence-corrected chi connectivity index (χ4v) is 2.69. The molecule has 1 fully saturated rings. The highest BCUT2D eigenvalue weighted by atomic mass is 16.6. The van der Waals surface area contributed by atoms with Gasteiger partial charge in [0.1, 0.15) is 6.54 Å². The molecule has 23 heavy (non-hydrogen) atoms. The lowest BCUT2D eigenvalue weighted by Crippen LogP contribution is -2.43. The van der Waals surface area contributed by atoms with Crippen molar-refractivity contribution in [1.29, 1.82) is 0 Å². The quantitative estimate of drug-likeness (QED) is 0.497. The number of amides is 3. The Morgan fingerprint density at radius 3 is 2.61 bits per heavy atom. The monoisotopic (exact) mass is 317 g/mol. The number of nitro benzene ring substituents is 1. The van der Waals surface area contributed by atoms with Gasteiger partial charge in [0.25, 0.3) is 17.5 Å². The van der Waals surface area contributed by atoms with Crippen LogP contribution in [-0.2, 0) is 4.79 Å². The van der Waals surface area contributed by atoms with E-state index in [9.17, 15) is 24.5 Å². The van der Waals surface area contributed by atoms with Crippen LogP contribution in [0.4, 0.5) is 5.69 Å². The molecule has 1 aromatic carbocycles. The van der Waals surface area contributed by atoms with Crippen molar-refractivity contribution in [3.8, 4) is 0 Å². The van der Waals surface area contributed by atoms with Gasteiger partial charge in [-0.3, -0.25) is 29.4 Å². The minimum atomic E-state index is -0.678. The Morgan fingerprint density at radius 2 is 2.00 bits per heavy atom. The van der Waals surface area contributed by atoms with E-state index in [-0.39, 0.29) is 29.4 Å². The number of imide groups is 1. The summed E-state index contributed by atoms with van der Waals surface area (Å²) in [6, 6.07) is 3.50. The van der Waals surface area contributed by atoms with Crippen LogP contribution in [0.3, 0.4) is 0 Å². The molecule has 8 nitrogen and oxygen atoms in total. The number of hydrogen-bond donors (Lipinski definition) is 1. The summed E-state index contributed by atoms with van der Waals surface area (Å²) in [6.45, 7) is 1.51. The van der Waals surface area contributed by atoms with Gasteiger partial charge in [0.05, 0.1) is 16.1 Å². The number of hydrogen-bond acceptors (Lipinski definition) is 5. The van der Waals surface area contributed by atoms with Gasteiger partial charge in [-0.05, 0) is 31.7 Å². The largest absolute Gasteiger partial charge is 0.352 e. The lowest BCUT2D eigenvalue weighted by molar-refractivity contribution is -0.384. The smallest absolute Gasteiger partial charge is 0.270 e. The molecule has 1 aliphatic heterocycles. The van der Waals surface area contributed by atoms with E-state index in [1.54, 1.807) is 0 Å². The van der Waals surface area contributed by atoms with Crippen molar-refractivity contribution in [2.24, 2.45) is 5.92 Å². The highest BCUT2D eigenvalue weighted by Crippen LogP contribution is 2.32. The van der Waals surface area contributed by atoms with E-state index in [0.717, 1.165) is 23.8 Å². The van der Waals surface area contributed by atoms with Crippen LogP contribution >= 0.6 is 0 Å². The molecule has 120 valence electrons. The molecule has 0 spiro atoms. The third-order valence-corrected chi connectivity index (χ3v) is 4.18. The summed E-state index contributed by atoms with van der Waals surface area (Å²) in [5, 5.41) is 13.5. The molecule has 8 heteroatoms. The van der Waals surface area contributed by atoms with Gasteiger partial charge in [-0.1, -0.05) is 0 Å². The predicted octanol–water partition coefficient (Wildman–Crippen LogP) is 1.11. The highest BCUT2D eigenvalue weighted by Gasteiger charge is 2.38. The molecule has 2 aliphatic rings. The molecule has 0 bridgehead atoms. The summed E-state index contributed by atoms with van der Waals surface area (Å²) in [4.78, 5) is 47.4. The number of nitrogens with zero attached hydrogens (tertiary/aromatic N) is 2. The SMILES string of the molecule is CC(NC(=O)CN1C(=O)c2ccc([N+](=O)[O-])cc2C1=O)C1CC1. The van der Waals surface area contributed by atoms with Crippen LogP contribution in [0, 0.1) is 16.0 Å². The zero-order valence-electron chi connectivity index (χ0n) is 12.4. The van der Waals surface area contributed by atoms with E-state index in [1.807, 2.05) is 6.92 Å². The fraction of sp³-hybridized carbons (Fsp3) is 0.400. The molecule has 1 N–H and O–H groups in total. The standard InChI is InChI=1S/C15H15N3O5/c1-8(9-2-3-9)16-13(19)7-17-14(20)11-5-4-10(18(22)23)6-12(11)15(17)21/h4-6,8-9H,2-3,7H2,1H3,(H,16,19). The van der Waals surface area contributed by atoms with Gasteiger partial charge in [-0.25, -0.2) is 0 Å². The summed E-state index contributed by atoms with van der Waals surface area (Å²) in [5.74, 6) is -1.23. The van der Waals surface area contributed by atoms with Gasteiger partial charge in [0.15, 0.2) is 0 Å². The molecule has 1 unspecified atom stereocenters. The Labute approximate surface area is 131 Å². The third kappa shape index (κ3) is 2.79. The first-order valence-corrected chi connectivity index (χ1v) is 7.32. The van der Waals surface area contributed by atoms with Gasteiger partial charge in [0.2, 0.25) is 5.91 Å². The maximum Gasteiger partial charge on any atom is 0.270 e. The molecule has 1 aromatic rings. The fourth-order valence-electron chi connectivity index (χ4n) is 2.69. The van der Waals surface area contributed by atoms with Crippen LogP contribution in [0.25, 0.3) is 0 Å². The summed E-state index contributed by atoms with van der Waals surface area (Å²) >= 11 is 0. The predicted molar refractivity (Wildman–Crippen MR) is 78.8 cm³/mol. The van der Waals surface area contributed by atoms with E-state index in [0.29, 0.717) is 5.92 Å². The lowest BCUT2D eigenvalue weighted by Gasteiger charge is -2.17. The van der Waals surface area contributed by atoms with Crippen molar-refractivity contribution in [2.45, 2.75) is 25.8 Å². The van der Waals surface area contributed by atoms with E-state index < -0.39 is 22.6 Å². The Kier molecular flexibility index (Phi) is 3.59. The Bertz CT molecular complexity index is 726. The second-order valence-corrected chi connectivity index (χ2v) is 5.88. The summed E-state index contributed by atoms with van der Waals surface area (Å²) < 4.78 is 0. The molecule has 0 aromatic heterocycles. The van der Waals surface area contributed by atoms with Crippen molar-refractivity contribution >= 4 is 23.4 Å². The normalized spacial score (nSPS) is 17.9. The van der Waals surface area contributed by atoms with E-state index in [2.05, 4.69) is 5.32 Å². The van der Waals surface area contributed by atoms with Crippen molar-refractivity contribution in [2.75, 3.05) is 6.54 Å². The van der Waals surface area contributed by atoms with Crippen LogP contribution < -0.4 is 5.32 Å². The number of benzene rings is 1. The first kappa shape index (κ1) is 15.1. The minimum absolute atomic E-state index is 0.0127. The number of non-ortho nitro benzene ring substituents is 1. The molecule has 1 atom stereocenters. The first-order valence-electron chi connectivity index (χ1n) is 7.32. The van der Waals surface area contributed by atoms with Crippen LogP contribution in [-0.4, -0.2) is 40.1 Å². The number of carbonyl (C=O) groups is 3. The van der Waals surface area contributed by atoms with Crippen LogP contribution in [0.15, 0.2) is 18.2 Å². The van der Waals surface area contributed by atoms with Crippen LogP contribution in [0.5, 0.6) is 0 Å². The molecule has 0 radical (unpaired) electrons. The van der Waals surface area contributed by atoms with Gasteiger partial charge < -0.3 is 5.32 Å². The Balaban J connectivity index is 1.74. The first-order chi connectivity index (χ1) is 10.9. The van der Waals surface area contributed by atoms with Gasteiger partial charge in [0, 0.05) is 18.2 Å². The molecule has 1 saturated carbocycles. The molecule has 1 aliphatic carbocycles. The Hall–Kier alpha value is -2.77.